The van der Waals surface area contributed by atoms with Crippen molar-refractivity contribution in [2.45, 2.75) is 25.2 Å². The summed E-state index contributed by atoms with van der Waals surface area (Å²) in [7, 11) is 1.64. The summed E-state index contributed by atoms with van der Waals surface area (Å²) in [5, 5.41) is 1.74. The molecule has 0 saturated carbocycles. The fourth-order valence-electron chi connectivity index (χ4n) is 1.37. The molecule has 2 saturated heterocycles. The van der Waals surface area contributed by atoms with Gasteiger partial charge in [0.1, 0.15) is 12.8 Å². The molecule has 0 bridgehead atoms. The summed E-state index contributed by atoms with van der Waals surface area (Å²) in [6, 6.07) is 0. The fraction of sp³-hybridized carbons (Fsp3) is 1.00. The van der Waals surface area contributed by atoms with Gasteiger partial charge in [0, 0.05) is 6.61 Å². The van der Waals surface area contributed by atoms with Gasteiger partial charge in [-0.25, -0.2) is 0 Å². The molecule has 2 rings (SSSR count). The molecule has 2 atom stereocenters. The molecule has 0 aliphatic carbocycles. The highest BCUT2D eigenvalue weighted by Crippen LogP contribution is 2.30. The van der Waals surface area contributed by atoms with E-state index in [1.807, 2.05) is 0 Å². The standard InChI is InChI=1S/C7H13NO3/c1-9-8-5-10-4-2-3-6-7(8)11-6/h6-7H,2-5H2,1H3. The molecule has 2 aliphatic heterocycles. The Balaban J connectivity index is 1.88. The maximum absolute atomic E-state index is 5.36. The van der Waals surface area contributed by atoms with Crippen molar-refractivity contribution >= 4 is 0 Å². The first-order valence-electron chi connectivity index (χ1n) is 3.96. The van der Waals surface area contributed by atoms with Gasteiger partial charge in [0.25, 0.3) is 0 Å². The van der Waals surface area contributed by atoms with Crippen LogP contribution in [0, 0.1) is 0 Å². The van der Waals surface area contributed by atoms with Gasteiger partial charge in [-0.3, -0.25) is 4.84 Å². The molecule has 0 aromatic carbocycles. The average Bonchev–Trinajstić information content (AvgIpc) is 2.69. The third kappa shape index (κ3) is 1.54. The monoisotopic (exact) mass is 159 g/mol. The Morgan fingerprint density at radius 3 is 3.27 bits per heavy atom. The zero-order valence-corrected chi connectivity index (χ0v) is 6.66. The fourth-order valence-corrected chi connectivity index (χ4v) is 1.37. The van der Waals surface area contributed by atoms with Gasteiger partial charge in [-0.1, -0.05) is 0 Å². The van der Waals surface area contributed by atoms with Crippen LogP contribution in [0.25, 0.3) is 0 Å². The topological polar surface area (TPSA) is 34.2 Å². The number of epoxide rings is 1. The number of hydroxylamine groups is 2. The van der Waals surface area contributed by atoms with Gasteiger partial charge in [0.05, 0.1) is 7.11 Å². The maximum atomic E-state index is 5.36. The number of rotatable bonds is 1. The lowest BCUT2D eigenvalue weighted by Crippen LogP contribution is -2.31. The van der Waals surface area contributed by atoms with Crippen LogP contribution in [0.4, 0.5) is 0 Å². The third-order valence-corrected chi connectivity index (χ3v) is 2.07. The van der Waals surface area contributed by atoms with Crippen molar-refractivity contribution in [2.24, 2.45) is 0 Å². The van der Waals surface area contributed by atoms with Crippen molar-refractivity contribution < 1.29 is 14.3 Å². The first kappa shape index (κ1) is 7.49. The van der Waals surface area contributed by atoms with E-state index in [2.05, 4.69) is 0 Å². The zero-order chi connectivity index (χ0) is 7.68. The molecule has 64 valence electrons. The molecule has 0 amide bonds. The Kier molecular flexibility index (Phi) is 2.09. The van der Waals surface area contributed by atoms with Crippen molar-refractivity contribution in [2.75, 3.05) is 20.4 Å². The van der Waals surface area contributed by atoms with Gasteiger partial charge < -0.3 is 9.47 Å². The highest BCUT2D eigenvalue weighted by Gasteiger charge is 2.44. The number of fused-ring (bicyclic) bond motifs is 1. The largest absolute Gasteiger partial charge is 0.364 e. The summed E-state index contributed by atoms with van der Waals surface area (Å²) < 4.78 is 10.7. The van der Waals surface area contributed by atoms with E-state index in [0.717, 1.165) is 19.4 Å². The minimum Gasteiger partial charge on any atom is -0.364 e. The van der Waals surface area contributed by atoms with Crippen LogP contribution in [0.2, 0.25) is 0 Å². The van der Waals surface area contributed by atoms with Crippen molar-refractivity contribution in [3.8, 4) is 0 Å². The summed E-state index contributed by atoms with van der Waals surface area (Å²) in [6.07, 6.45) is 2.72. The van der Waals surface area contributed by atoms with Crippen molar-refractivity contribution in [1.82, 2.24) is 5.06 Å². The van der Waals surface area contributed by atoms with Crippen LogP contribution in [0.5, 0.6) is 0 Å². The SMILES string of the molecule is CON1COCCCC2OC21. The van der Waals surface area contributed by atoms with Crippen molar-refractivity contribution in [3.05, 3.63) is 0 Å². The molecule has 2 unspecified atom stereocenters. The molecule has 2 fully saturated rings. The Morgan fingerprint density at radius 2 is 2.45 bits per heavy atom. The highest BCUT2D eigenvalue weighted by molar-refractivity contribution is 4.82. The molecule has 2 heterocycles. The van der Waals surface area contributed by atoms with Crippen LogP contribution < -0.4 is 0 Å². The number of ether oxygens (including phenoxy) is 2. The molecular formula is C7H13NO3. The molecule has 0 N–H and O–H groups in total. The Hall–Kier alpha value is -0.160. The van der Waals surface area contributed by atoms with E-state index >= 15 is 0 Å². The lowest BCUT2D eigenvalue weighted by atomic mass is 10.2. The van der Waals surface area contributed by atoms with E-state index in [1.165, 1.54) is 0 Å². The van der Waals surface area contributed by atoms with E-state index in [-0.39, 0.29) is 6.23 Å². The molecule has 4 heteroatoms. The van der Waals surface area contributed by atoms with Crippen molar-refractivity contribution in [3.63, 3.8) is 0 Å². The van der Waals surface area contributed by atoms with Crippen LogP contribution in [0.15, 0.2) is 0 Å². The Labute approximate surface area is 66.0 Å². The van der Waals surface area contributed by atoms with E-state index in [9.17, 15) is 0 Å². The van der Waals surface area contributed by atoms with E-state index in [1.54, 1.807) is 12.2 Å². The van der Waals surface area contributed by atoms with Crippen LogP contribution in [-0.4, -0.2) is 37.8 Å². The molecule has 4 nitrogen and oxygen atoms in total. The number of hydrogen-bond donors (Lipinski definition) is 0. The molecule has 0 aromatic heterocycles. The van der Waals surface area contributed by atoms with Crippen LogP contribution in [0.1, 0.15) is 12.8 Å². The van der Waals surface area contributed by atoms with Gasteiger partial charge in [-0.15, -0.1) is 5.06 Å². The Morgan fingerprint density at radius 1 is 1.55 bits per heavy atom. The predicted octanol–water partition coefficient (Wildman–Crippen LogP) is 0.343. The smallest absolute Gasteiger partial charge is 0.162 e. The van der Waals surface area contributed by atoms with Crippen LogP contribution in [0.3, 0.4) is 0 Å². The van der Waals surface area contributed by atoms with Gasteiger partial charge in [0.15, 0.2) is 6.23 Å². The van der Waals surface area contributed by atoms with E-state index in [4.69, 9.17) is 14.3 Å². The molecule has 0 radical (unpaired) electrons. The first-order valence-corrected chi connectivity index (χ1v) is 3.96. The average molecular weight is 159 g/mol. The van der Waals surface area contributed by atoms with Gasteiger partial charge >= 0.3 is 0 Å². The molecule has 0 spiro atoms. The van der Waals surface area contributed by atoms with E-state index < -0.39 is 0 Å². The molecule has 2 aliphatic rings. The minimum atomic E-state index is 0.153. The second kappa shape index (κ2) is 3.06. The Bertz CT molecular complexity index is 142. The summed E-state index contributed by atoms with van der Waals surface area (Å²) in [6.45, 7) is 1.34. The van der Waals surface area contributed by atoms with Gasteiger partial charge in [0.2, 0.25) is 0 Å². The normalized spacial score (nSPS) is 39.0. The summed E-state index contributed by atoms with van der Waals surface area (Å²) in [5.74, 6) is 0. The zero-order valence-electron chi connectivity index (χ0n) is 6.66. The molecule has 0 aromatic rings. The second-order valence-electron chi connectivity index (χ2n) is 2.84. The number of nitrogens with zero attached hydrogens (tertiary/aromatic N) is 1. The third-order valence-electron chi connectivity index (χ3n) is 2.07. The minimum absolute atomic E-state index is 0.153. The van der Waals surface area contributed by atoms with Crippen LogP contribution >= 0.6 is 0 Å². The predicted molar refractivity (Wildman–Crippen MR) is 37.6 cm³/mol. The highest BCUT2D eigenvalue weighted by atomic mass is 16.8. The first-order chi connectivity index (χ1) is 5.42. The summed E-state index contributed by atoms with van der Waals surface area (Å²) >= 11 is 0. The van der Waals surface area contributed by atoms with Crippen molar-refractivity contribution in [1.29, 1.82) is 0 Å². The lowest BCUT2D eigenvalue weighted by molar-refractivity contribution is -0.212. The molecular weight excluding hydrogens is 146 g/mol. The quantitative estimate of drug-likeness (QED) is 0.517. The molecule has 11 heavy (non-hydrogen) atoms. The summed E-state index contributed by atoms with van der Waals surface area (Å²) in [5.41, 5.74) is 0. The van der Waals surface area contributed by atoms with Crippen LogP contribution in [-0.2, 0) is 14.3 Å². The lowest BCUT2D eigenvalue weighted by Gasteiger charge is -2.18. The van der Waals surface area contributed by atoms with E-state index in [0.29, 0.717) is 12.8 Å². The second-order valence-corrected chi connectivity index (χ2v) is 2.84. The van der Waals surface area contributed by atoms with Gasteiger partial charge in [-0.05, 0) is 12.8 Å². The van der Waals surface area contributed by atoms with Gasteiger partial charge in [-0.2, -0.15) is 0 Å². The number of hydrogen-bond acceptors (Lipinski definition) is 4. The maximum Gasteiger partial charge on any atom is 0.162 e. The summed E-state index contributed by atoms with van der Waals surface area (Å²) in [4.78, 5) is 5.06.